The Labute approximate surface area is 157 Å². The van der Waals surface area contributed by atoms with Gasteiger partial charge in [-0.05, 0) is 38.0 Å². The van der Waals surface area contributed by atoms with Crippen molar-refractivity contribution in [2.75, 3.05) is 12.4 Å². The molecule has 0 aliphatic carbocycles. The average Bonchev–Trinajstić information content (AvgIpc) is 3.06. The average molecular weight is 395 g/mol. The van der Waals surface area contributed by atoms with Crippen molar-refractivity contribution >= 4 is 21.8 Å². The molecule has 0 bridgehead atoms. The van der Waals surface area contributed by atoms with Gasteiger partial charge >= 0.3 is 0 Å². The smallest absolute Gasteiger partial charge is 0.280 e. The molecule has 27 heavy (non-hydrogen) atoms. The van der Waals surface area contributed by atoms with Gasteiger partial charge in [-0.1, -0.05) is 12.1 Å². The number of hydrogen-bond donors (Lipinski definition) is 2. The molecule has 0 spiro atoms. The van der Waals surface area contributed by atoms with E-state index < -0.39 is 34.0 Å². The molecule has 10 heteroatoms. The van der Waals surface area contributed by atoms with Crippen molar-refractivity contribution in [1.82, 2.24) is 18.8 Å². The topological polar surface area (TPSA) is 96.3 Å². The summed E-state index contributed by atoms with van der Waals surface area (Å²) < 4.78 is 43.3. The van der Waals surface area contributed by atoms with Gasteiger partial charge in [-0.15, -0.1) is 0 Å². The zero-order chi connectivity index (χ0) is 19.8. The van der Waals surface area contributed by atoms with E-state index in [0.717, 1.165) is 4.31 Å². The summed E-state index contributed by atoms with van der Waals surface area (Å²) >= 11 is 0. The maximum atomic E-state index is 13.2. The molecule has 1 aliphatic rings. The first-order valence-electron chi connectivity index (χ1n) is 8.53. The summed E-state index contributed by atoms with van der Waals surface area (Å²) in [6.45, 7) is 3.91. The van der Waals surface area contributed by atoms with Crippen molar-refractivity contribution in [2.24, 2.45) is 0 Å². The summed E-state index contributed by atoms with van der Waals surface area (Å²) in [6.07, 6.45) is 3.42. The second-order valence-electron chi connectivity index (χ2n) is 6.79. The summed E-state index contributed by atoms with van der Waals surface area (Å²) in [4.78, 5) is 12.7. The van der Waals surface area contributed by atoms with Gasteiger partial charge < -0.3 is 5.32 Å². The zero-order valence-corrected chi connectivity index (χ0v) is 16.1. The second kappa shape index (κ2) is 7.37. The molecular formula is C17H22FN5O3S. The van der Waals surface area contributed by atoms with E-state index in [4.69, 9.17) is 0 Å². The summed E-state index contributed by atoms with van der Waals surface area (Å²) in [5, 5.41) is 6.87. The minimum atomic E-state index is -3.86. The van der Waals surface area contributed by atoms with Gasteiger partial charge in [-0.3, -0.25) is 9.48 Å². The summed E-state index contributed by atoms with van der Waals surface area (Å²) in [7, 11) is -2.50. The molecule has 2 N–H and O–H groups in total. The minimum Gasteiger partial charge on any atom is -0.322 e. The number of aromatic nitrogens is 2. The lowest BCUT2D eigenvalue weighted by atomic mass is 9.99. The summed E-state index contributed by atoms with van der Waals surface area (Å²) in [5.74, 6) is -0.857. The summed E-state index contributed by atoms with van der Waals surface area (Å²) in [5.41, 5.74) is 1.09. The van der Waals surface area contributed by atoms with E-state index in [0.29, 0.717) is 11.3 Å². The Bertz CT molecular complexity index is 926. The fourth-order valence-corrected chi connectivity index (χ4v) is 4.21. The van der Waals surface area contributed by atoms with Crippen molar-refractivity contribution in [3.8, 4) is 0 Å². The minimum absolute atomic E-state index is 0.139. The first kappa shape index (κ1) is 19.5. The van der Waals surface area contributed by atoms with E-state index in [1.807, 2.05) is 13.8 Å². The number of amides is 1. The predicted molar refractivity (Wildman–Crippen MR) is 98.6 cm³/mol. The molecule has 2 heterocycles. The largest absolute Gasteiger partial charge is 0.322 e. The van der Waals surface area contributed by atoms with E-state index >= 15 is 0 Å². The highest BCUT2D eigenvalue weighted by Gasteiger charge is 2.40. The molecule has 3 rings (SSSR count). The molecule has 0 unspecified atom stereocenters. The van der Waals surface area contributed by atoms with Crippen molar-refractivity contribution in [2.45, 2.75) is 38.4 Å². The van der Waals surface area contributed by atoms with Crippen LogP contribution in [0.5, 0.6) is 0 Å². The number of carbonyl (C=O) groups excluding carboxylic acids is 1. The van der Waals surface area contributed by atoms with Crippen molar-refractivity contribution < 1.29 is 17.6 Å². The molecule has 1 fully saturated rings. The van der Waals surface area contributed by atoms with Crippen molar-refractivity contribution in [1.29, 1.82) is 0 Å². The lowest BCUT2D eigenvalue weighted by Gasteiger charge is -2.36. The van der Waals surface area contributed by atoms with Crippen LogP contribution in [0.1, 0.15) is 37.9 Å². The second-order valence-corrected chi connectivity index (χ2v) is 8.55. The number of benzene rings is 1. The number of carbonyl (C=O) groups is 1. The third kappa shape index (κ3) is 4.18. The molecular weight excluding hydrogens is 373 g/mol. The fourth-order valence-electron chi connectivity index (χ4n) is 2.93. The van der Waals surface area contributed by atoms with Gasteiger partial charge in [-0.25, -0.2) is 4.39 Å². The SMILES string of the molecule is CC(C)n1cc(NC(=O)[C@H]2C[C@@H](c3ccc(F)cc3)NS(=O)(=O)N2C)cn1. The Hall–Kier alpha value is -2.30. The molecule has 1 aromatic heterocycles. The standard InChI is InChI=1S/C17H22FN5O3S/c1-11(2)23-10-14(9-19-23)20-17(24)16-8-15(21-27(25,26)22(16)3)12-4-6-13(18)7-5-12/h4-7,9-11,15-16,21H,8H2,1-3H3,(H,20,24)/t15-,16+/m0/s1. The lowest BCUT2D eigenvalue weighted by Crippen LogP contribution is -2.55. The van der Waals surface area contributed by atoms with Crippen molar-refractivity contribution in [3.63, 3.8) is 0 Å². The first-order valence-corrected chi connectivity index (χ1v) is 9.97. The monoisotopic (exact) mass is 395 g/mol. The van der Waals surface area contributed by atoms with Crippen LogP contribution in [0.25, 0.3) is 0 Å². The van der Waals surface area contributed by atoms with Gasteiger partial charge in [0.25, 0.3) is 10.2 Å². The first-order chi connectivity index (χ1) is 12.7. The van der Waals surface area contributed by atoms with E-state index in [-0.39, 0.29) is 12.5 Å². The Morgan fingerprint density at radius 2 is 2.00 bits per heavy atom. The maximum Gasteiger partial charge on any atom is 0.280 e. The Morgan fingerprint density at radius 1 is 1.33 bits per heavy atom. The van der Waals surface area contributed by atoms with Gasteiger partial charge in [0.05, 0.1) is 11.9 Å². The molecule has 1 aliphatic heterocycles. The van der Waals surface area contributed by atoms with Crippen LogP contribution in [0, 0.1) is 5.82 Å². The number of nitrogens with one attached hydrogen (secondary N) is 2. The highest BCUT2D eigenvalue weighted by Crippen LogP contribution is 2.28. The normalized spacial score (nSPS) is 22.7. The molecule has 1 aromatic carbocycles. The van der Waals surface area contributed by atoms with E-state index in [2.05, 4.69) is 15.1 Å². The van der Waals surface area contributed by atoms with Gasteiger partial charge in [0.2, 0.25) is 5.91 Å². The number of hydrogen-bond acceptors (Lipinski definition) is 4. The third-order valence-corrected chi connectivity index (χ3v) is 6.14. The fraction of sp³-hybridized carbons (Fsp3) is 0.412. The molecule has 146 valence electrons. The number of likely N-dealkylation sites (N-methyl/N-ethyl adjacent to an activating group) is 1. The van der Waals surface area contributed by atoms with Crippen LogP contribution in [-0.4, -0.2) is 41.5 Å². The number of anilines is 1. The zero-order valence-electron chi connectivity index (χ0n) is 15.3. The van der Waals surface area contributed by atoms with Crippen molar-refractivity contribution in [3.05, 3.63) is 48.0 Å². The number of rotatable bonds is 4. The molecule has 0 radical (unpaired) electrons. The Morgan fingerprint density at radius 3 is 2.59 bits per heavy atom. The van der Waals surface area contributed by atoms with Crippen LogP contribution in [0.15, 0.2) is 36.7 Å². The van der Waals surface area contributed by atoms with Gasteiger partial charge in [0.1, 0.15) is 11.9 Å². The maximum absolute atomic E-state index is 13.2. The molecule has 2 aromatic rings. The van der Waals surface area contributed by atoms with Gasteiger partial charge in [0.15, 0.2) is 0 Å². The van der Waals surface area contributed by atoms with Crippen LogP contribution in [0.3, 0.4) is 0 Å². The van der Waals surface area contributed by atoms with Crippen LogP contribution < -0.4 is 10.0 Å². The van der Waals surface area contributed by atoms with E-state index in [1.54, 1.807) is 10.9 Å². The third-order valence-electron chi connectivity index (χ3n) is 4.54. The molecule has 1 saturated heterocycles. The van der Waals surface area contributed by atoms with Gasteiger partial charge in [-0.2, -0.15) is 22.5 Å². The van der Waals surface area contributed by atoms with E-state index in [9.17, 15) is 17.6 Å². The van der Waals surface area contributed by atoms with Crippen LogP contribution in [-0.2, 0) is 15.0 Å². The van der Waals surface area contributed by atoms with Crippen LogP contribution >= 0.6 is 0 Å². The molecule has 8 nitrogen and oxygen atoms in total. The molecule has 0 saturated carbocycles. The van der Waals surface area contributed by atoms with Crippen LogP contribution in [0.4, 0.5) is 10.1 Å². The number of halogens is 1. The Kier molecular flexibility index (Phi) is 5.31. The quantitative estimate of drug-likeness (QED) is 0.825. The highest BCUT2D eigenvalue weighted by atomic mass is 32.2. The Balaban J connectivity index is 1.81. The number of nitrogens with zero attached hydrogens (tertiary/aromatic N) is 3. The molecule has 2 atom stereocenters. The lowest BCUT2D eigenvalue weighted by molar-refractivity contribution is -0.120. The van der Waals surface area contributed by atoms with Gasteiger partial charge in [0, 0.05) is 25.3 Å². The summed E-state index contributed by atoms with van der Waals surface area (Å²) in [6, 6.07) is 4.15. The van der Waals surface area contributed by atoms with E-state index in [1.165, 1.54) is 37.5 Å². The van der Waals surface area contributed by atoms with Crippen LogP contribution in [0.2, 0.25) is 0 Å². The molecule has 1 amide bonds. The predicted octanol–water partition coefficient (Wildman–Crippen LogP) is 1.82. The highest BCUT2D eigenvalue weighted by molar-refractivity contribution is 7.87.